The van der Waals surface area contributed by atoms with Crippen molar-refractivity contribution >= 4 is 20.1 Å². The molecule has 3 aliphatic rings. The number of imide groups is 1. The highest BCUT2D eigenvalue weighted by Gasteiger charge is 2.57. The fourth-order valence-corrected chi connectivity index (χ4v) is 4.31. The lowest BCUT2D eigenvalue weighted by Gasteiger charge is -2.36. The lowest BCUT2D eigenvalue weighted by atomic mass is 9.91. The number of hydrogen-bond acceptors (Lipinski definition) is 3. The minimum absolute atomic E-state index is 0.0295. The van der Waals surface area contributed by atoms with Crippen molar-refractivity contribution in [2.24, 2.45) is 11.8 Å². The maximum absolute atomic E-state index is 12.5. The van der Waals surface area contributed by atoms with Crippen LogP contribution in [0, 0.1) is 11.8 Å². The van der Waals surface area contributed by atoms with Crippen LogP contribution in [-0.2, 0) is 14.0 Å². The number of amides is 2. The second-order valence-electron chi connectivity index (χ2n) is 8.09. The first-order chi connectivity index (χ1) is 10.1. The first kappa shape index (κ1) is 15.7. The normalized spacial score (nSPS) is 34.3. The van der Waals surface area contributed by atoms with Crippen LogP contribution in [0.2, 0.25) is 18.1 Å². The number of likely N-dealkylation sites (tertiary alicyclic amines) is 1. The highest BCUT2D eigenvalue weighted by Crippen LogP contribution is 2.45. The molecule has 0 aromatic heterocycles. The lowest BCUT2D eigenvalue weighted by molar-refractivity contribution is -0.140. The van der Waals surface area contributed by atoms with Gasteiger partial charge in [0.25, 0.3) is 0 Å². The summed E-state index contributed by atoms with van der Waals surface area (Å²) in [5.74, 6) is -0.706. The summed E-state index contributed by atoms with van der Waals surface area (Å²) in [6, 6.07) is -0.0541. The minimum Gasteiger partial charge on any atom is -0.412 e. The quantitative estimate of drug-likeness (QED) is 0.593. The largest absolute Gasteiger partial charge is 0.412 e. The van der Waals surface area contributed by atoms with E-state index in [9.17, 15) is 9.59 Å². The first-order valence-electron chi connectivity index (χ1n) is 8.03. The van der Waals surface area contributed by atoms with Crippen LogP contribution in [0.4, 0.5) is 0 Å². The van der Waals surface area contributed by atoms with Crippen molar-refractivity contribution in [2.45, 2.75) is 57.5 Å². The molecule has 1 heterocycles. The number of allylic oxidation sites excluding steroid dienone is 2. The summed E-state index contributed by atoms with van der Waals surface area (Å²) < 4.78 is 6.35. The van der Waals surface area contributed by atoms with Gasteiger partial charge in [-0.3, -0.25) is 14.5 Å². The summed E-state index contributed by atoms with van der Waals surface area (Å²) in [7, 11) is -1.86. The van der Waals surface area contributed by atoms with Crippen molar-refractivity contribution in [3.63, 3.8) is 0 Å². The smallest absolute Gasteiger partial charge is 0.237 e. The first-order valence-corrected chi connectivity index (χ1v) is 10.9. The fourth-order valence-electron chi connectivity index (χ4n) is 2.95. The van der Waals surface area contributed by atoms with Gasteiger partial charge in [0.2, 0.25) is 11.8 Å². The molecule has 0 bridgehead atoms. The van der Waals surface area contributed by atoms with Gasteiger partial charge in [-0.15, -0.1) is 0 Å². The molecule has 0 spiro atoms. The van der Waals surface area contributed by atoms with E-state index in [1.165, 1.54) is 4.90 Å². The molecule has 120 valence electrons. The van der Waals surface area contributed by atoms with Crippen molar-refractivity contribution in [2.75, 3.05) is 0 Å². The van der Waals surface area contributed by atoms with Gasteiger partial charge in [0.1, 0.15) is 0 Å². The van der Waals surface area contributed by atoms with E-state index < -0.39 is 8.32 Å². The van der Waals surface area contributed by atoms with Crippen LogP contribution in [0.25, 0.3) is 0 Å². The lowest BCUT2D eigenvalue weighted by Crippen LogP contribution is -2.43. The molecule has 1 saturated heterocycles. The number of rotatable bonds is 3. The molecule has 4 unspecified atom stereocenters. The SMILES string of the molecule is CC(C)(C)[Si](C)(C)OC1CC1N1C(=O)C2C=CC=CC2C1=O. The molecule has 0 radical (unpaired) electrons. The van der Waals surface area contributed by atoms with E-state index in [1.54, 1.807) is 0 Å². The Morgan fingerprint density at radius 1 is 1.09 bits per heavy atom. The van der Waals surface area contributed by atoms with E-state index in [0.717, 1.165) is 6.42 Å². The van der Waals surface area contributed by atoms with Crippen LogP contribution in [0.5, 0.6) is 0 Å². The van der Waals surface area contributed by atoms with Crippen LogP contribution < -0.4 is 0 Å². The Kier molecular flexibility index (Phi) is 3.49. The van der Waals surface area contributed by atoms with Crippen molar-refractivity contribution in [1.82, 2.24) is 4.90 Å². The molecule has 1 saturated carbocycles. The molecule has 5 heteroatoms. The number of fused-ring (bicyclic) bond motifs is 1. The van der Waals surface area contributed by atoms with E-state index in [4.69, 9.17) is 4.43 Å². The third-order valence-electron chi connectivity index (χ3n) is 5.46. The van der Waals surface area contributed by atoms with Gasteiger partial charge in [-0.05, 0) is 24.6 Å². The Morgan fingerprint density at radius 3 is 2.05 bits per heavy atom. The van der Waals surface area contributed by atoms with E-state index in [0.29, 0.717) is 0 Å². The summed E-state index contributed by atoms with van der Waals surface area (Å²) in [6.07, 6.45) is 8.21. The van der Waals surface area contributed by atoms with Gasteiger partial charge in [-0.2, -0.15) is 0 Å². The number of carbonyl (C=O) groups excluding carboxylic acids is 2. The van der Waals surface area contributed by atoms with Gasteiger partial charge in [0.05, 0.1) is 24.0 Å². The topological polar surface area (TPSA) is 46.6 Å². The molecule has 4 nitrogen and oxygen atoms in total. The Balaban J connectivity index is 1.70. The van der Waals surface area contributed by atoms with Gasteiger partial charge in [0, 0.05) is 0 Å². The zero-order chi connectivity index (χ0) is 16.3. The molecule has 2 fully saturated rings. The third kappa shape index (κ3) is 2.40. The number of nitrogens with zero attached hydrogens (tertiary/aromatic N) is 1. The second-order valence-corrected chi connectivity index (χ2v) is 12.8. The van der Waals surface area contributed by atoms with Crippen molar-refractivity contribution in [1.29, 1.82) is 0 Å². The van der Waals surface area contributed by atoms with Crippen LogP contribution in [0.15, 0.2) is 24.3 Å². The predicted octanol–water partition coefficient (Wildman–Crippen LogP) is 2.88. The van der Waals surface area contributed by atoms with Gasteiger partial charge in [0.15, 0.2) is 8.32 Å². The minimum atomic E-state index is -1.86. The Bertz CT molecular complexity index is 543. The van der Waals surface area contributed by atoms with Gasteiger partial charge in [-0.25, -0.2) is 0 Å². The van der Waals surface area contributed by atoms with E-state index >= 15 is 0 Å². The Hall–Kier alpha value is -1.20. The maximum Gasteiger partial charge on any atom is 0.237 e. The summed E-state index contributed by atoms with van der Waals surface area (Å²) in [6.45, 7) is 11.0. The monoisotopic (exact) mass is 319 g/mol. The van der Waals surface area contributed by atoms with Crippen LogP contribution >= 0.6 is 0 Å². The van der Waals surface area contributed by atoms with Crippen molar-refractivity contribution in [3.05, 3.63) is 24.3 Å². The highest BCUT2D eigenvalue weighted by atomic mass is 28.4. The van der Waals surface area contributed by atoms with Crippen LogP contribution in [-0.4, -0.2) is 37.2 Å². The Labute approximate surface area is 133 Å². The zero-order valence-corrected chi connectivity index (χ0v) is 15.0. The van der Waals surface area contributed by atoms with Gasteiger partial charge < -0.3 is 4.43 Å². The van der Waals surface area contributed by atoms with E-state index in [2.05, 4.69) is 33.9 Å². The molecular formula is C17H25NO3Si. The van der Waals surface area contributed by atoms with Crippen LogP contribution in [0.1, 0.15) is 27.2 Å². The third-order valence-corrected chi connectivity index (χ3v) is 9.97. The molecule has 2 amide bonds. The van der Waals surface area contributed by atoms with Crippen LogP contribution in [0.3, 0.4) is 0 Å². The summed E-state index contributed by atoms with van der Waals surface area (Å²) in [4.78, 5) is 26.5. The summed E-state index contributed by atoms with van der Waals surface area (Å²) in [5.41, 5.74) is 0. The maximum atomic E-state index is 12.5. The molecular weight excluding hydrogens is 294 g/mol. The molecule has 3 rings (SSSR count). The van der Waals surface area contributed by atoms with E-state index in [1.807, 2.05) is 24.3 Å². The zero-order valence-electron chi connectivity index (χ0n) is 14.0. The highest BCUT2D eigenvalue weighted by molar-refractivity contribution is 6.74. The average Bonchev–Trinajstić information content (AvgIpc) is 3.09. The average molecular weight is 319 g/mol. The molecule has 4 atom stereocenters. The standard InChI is InChI=1S/C17H25NO3Si/c1-17(2,3)22(4,5)21-14-10-13(14)18-15(19)11-8-6-7-9-12(11)16(18)20/h6-9,11-14H,10H2,1-5H3. The Morgan fingerprint density at radius 2 is 1.59 bits per heavy atom. The summed E-state index contributed by atoms with van der Waals surface area (Å²) >= 11 is 0. The molecule has 0 aromatic rings. The number of carbonyl (C=O) groups is 2. The summed E-state index contributed by atoms with van der Waals surface area (Å²) in [5, 5.41) is 0.138. The van der Waals surface area contributed by atoms with E-state index in [-0.39, 0.29) is 40.8 Å². The van der Waals surface area contributed by atoms with Crippen molar-refractivity contribution < 1.29 is 14.0 Å². The molecule has 1 aliphatic heterocycles. The number of hydrogen-bond donors (Lipinski definition) is 0. The van der Waals surface area contributed by atoms with Crippen molar-refractivity contribution in [3.8, 4) is 0 Å². The molecule has 0 N–H and O–H groups in total. The fraction of sp³-hybridized carbons (Fsp3) is 0.647. The van der Waals surface area contributed by atoms with Gasteiger partial charge in [-0.1, -0.05) is 45.1 Å². The molecule has 22 heavy (non-hydrogen) atoms. The predicted molar refractivity (Wildman–Crippen MR) is 87.6 cm³/mol. The van der Waals surface area contributed by atoms with Gasteiger partial charge >= 0.3 is 0 Å². The second kappa shape index (κ2) is 4.90. The molecule has 0 aromatic carbocycles. The molecule has 2 aliphatic carbocycles.